The Morgan fingerprint density at radius 2 is 1.71 bits per heavy atom. The number of nitrogens with one attached hydrogen (secondary N) is 2. The number of aromatic nitrogens is 6. The Balaban J connectivity index is 1.52. The van der Waals surface area contributed by atoms with E-state index in [1.54, 1.807) is 18.5 Å². The largest absolute Gasteiger partial charge is 0.336 e. The molecule has 0 saturated carbocycles. The average Bonchev–Trinajstić information content (AvgIpc) is 3.43. The maximum absolute atomic E-state index is 13.8. The van der Waals surface area contributed by atoms with Gasteiger partial charge in [0.05, 0.1) is 22.4 Å². The highest BCUT2D eigenvalue weighted by molar-refractivity contribution is 5.97. The van der Waals surface area contributed by atoms with E-state index >= 15 is 0 Å². The first kappa shape index (κ1) is 17.5. The lowest BCUT2D eigenvalue weighted by Gasteiger charge is -2.01. The van der Waals surface area contributed by atoms with Crippen LogP contribution in [0.4, 0.5) is 4.39 Å². The second kappa shape index (κ2) is 6.84. The Hall–Kier alpha value is -4.39. The lowest BCUT2D eigenvalue weighted by molar-refractivity contribution is 0.628. The summed E-state index contributed by atoms with van der Waals surface area (Å²) in [5.41, 5.74) is 6.25. The van der Waals surface area contributed by atoms with E-state index in [0.29, 0.717) is 28.3 Å². The van der Waals surface area contributed by atoms with Crippen molar-refractivity contribution in [1.29, 1.82) is 0 Å². The quantitative estimate of drug-likeness (QED) is 0.414. The van der Waals surface area contributed by atoms with Gasteiger partial charge < -0.3 is 4.98 Å². The molecule has 0 atom stereocenters. The number of pyridine rings is 2. The molecule has 6 aromatic rings. The first-order chi connectivity index (χ1) is 15.3. The van der Waals surface area contributed by atoms with Crippen LogP contribution in [0, 0.1) is 5.82 Å². The zero-order valence-electron chi connectivity index (χ0n) is 16.2. The minimum atomic E-state index is -0.313. The summed E-state index contributed by atoms with van der Waals surface area (Å²) >= 11 is 0. The minimum Gasteiger partial charge on any atom is -0.336 e. The van der Waals surface area contributed by atoms with Crippen LogP contribution in [0.15, 0.2) is 79.1 Å². The zero-order valence-corrected chi connectivity index (χ0v) is 16.2. The monoisotopic (exact) mass is 406 g/mol. The molecule has 0 radical (unpaired) electrons. The lowest BCUT2D eigenvalue weighted by atomic mass is 10.1. The van der Waals surface area contributed by atoms with Gasteiger partial charge in [-0.25, -0.2) is 9.37 Å². The summed E-state index contributed by atoms with van der Waals surface area (Å²) in [6.07, 6.45) is 3.46. The van der Waals surface area contributed by atoms with Crippen LogP contribution in [0.5, 0.6) is 0 Å². The average molecular weight is 406 g/mol. The molecule has 4 aromatic heterocycles. The first-order valence-corrected chi connectivity index (χ1v) is 9.77. The third-order valence-corrected chi connectivity index (χ3v) is 5.25. The number of H-pyrrole nitrogens is 2. The summed E-state index contributed by atoms with van der Waals surface area (Å²) in [6, 6.07) is 20.1. The molecule has 2 N–H and O–H groups in total. The highest BCUT2D eigenvalue weighted by atomic mass is 19.1. The molecule has 6 nitrogen and oxygen atoms in total. The zero-order chi connectivity index (χ0) is 20.8. The van der Waals surface area contributed by atoms with E-state index in [0.717, 1.165) is 27.7 Å². The van der Waals surface area contributed by atoms with E-state index in [1.807, 2.05) is 42.5 Å². The second-order valence-electron chi connectivity index (χ2n) is 7.20. The van der Waals surface area contributed by atoms with Crippen molar-refractivity contribution in [3.8, 4) is 34.0 Å². The van der Waals surface area contributed by atoms with Crippen molar-refractivity contribution >= 4 is 21.9 Å². The summed E-state index contributed by atoms with van der Waals surface area (Å²) in [5.74, 6) is 0.303. The predicted molar refractivity (Wildman–Crippen MR) is 118 cm³/mol. The van der Waals surface area contributed by atoms with Gasteiger partial charge in [-0.2, -0.15) is 5.10 Å². The van der Waals surface area contributed by atoms with Gasteiger partial charge in [0, 0.05) is 28.9 Å². The molecule has 31 heavy (non-hydrogen) atoms. The molecule has 2 aromatic carbocycles. The summed E-state index contributed by atoms with van der Waals surface area (Å²) in [6.45, 7) is 0. The van der Waals surface area contributed by atoms with Crippen LogP contribution >= 0.6 is 0 Å². The van der Waals surface area contributed by atoms with Crippen molar-refractivity contribution in [3.63, 3.8) is 0 Å². The summed E-state index contributed by atoms with van der Waals surface area (Å²) in [7, 11) is 0. The fourth-order valence-corrected chi connectivity index (χ4v) is 3.78. The standard InChI is InChI=1S/C24H15FN6/c25-16-5-3-4-15(12-16)21-23-20(9-11-27-21)28-24(29-23)22-17-13-14(7-8-19(17)30-31-22)18-6-1-2-10-26-18/h1-13H,(H,28,29)(H,30,31). The van der Waals surface area contributed by atoms with E-state index in [4.69, 9.17) is 4.98 Å². The molecule has 0 fully saturated rings. The molecular weight excluding hydrogens is 391 g/mol. The minimum absolute atomic E-state index is 0.313. The molecule has 0 aliphatic carbocycles. The number of hydrogen-bond acceptors (Lipinski definition) is 4. The van der Waals surface area contributed by atoms with Gasteiger partial charge in [0.2, 0.25) is 0 Å². The Morgan fingerprint density at radius 1 is 0.742 bits per heavy atom. The van der Waals surface area contributed by atoms with Gasteiger partial charge in [0.25, 0.3) is 0 Å². The first-order valence-electron chi connectivity index (χ1n) is 9.77. The fraction of sp³-hybridized carbons (Fsp3) is 0. The number of aromatic amines is 2. The predicted octanol–water partition coefficient (Wildman–Crippen LogP) is 5.37. The van der Waals surface area contributed by atoms with Crippen molar-refractivity contribution in [3.05, 3.63) is 84.9 Å². The van der Waals surface area contributed by atoms with Gasteiger partial charge in [0.1, 0.15) is 17.0 Å². The number of hydrogen-bond donors (Lipinski definition) is 2. The highest BCUT2D eigenvalue weighted by Crippen LogP contribution is 2.32. The van der Waals surface area contributed by atoms with Crippen LogP contribution in [0.3, 0.4) is 0 Å². The van der Waals surface area contributed by atoms with Crippen molar-refractivity contribution in [1.82, 2.24) is 30.1 Å². The molecule has 0 aliphatic rings. The SMILES string of the molecule is Fc1cccc(-c2nccc3[nH]c(-c4n[nH]c5ccc(-c6ccccn6)cc45)nc23)c1. The smallest absolute Gasteiger partial charge is 0.159 e. The van der Waals surface area contributed by atoms with Crippen molar-refractivity contribution in [2.75, 3.05) is 0 Å². The maximum atomic E-state index is 13.8. The van der Waals surface area contributed by atoms with E-state index in [2.05, 4.69) is 31.2 Å². The topological polar surface area (TPSA) is 83.1 Å². The van der Waals surface area contributed by atoms with Gasteiger partial charge in [-0.3, -0.25) is 15.1 Å². The van der Waals surface area contributed by atoms with Crippen LogP contribution < -0.4 is 0 Å². The molecule has 0 aliphatic heterocycles. The molecule has 0 unspecified atom stereocenters. The van der Waals surface area contributed by atoms with Gasteiger partial charge >= 0.3 is 0 Å². The maximum Gasteiger partial charge on any atom is 0.159 e. The van der Waals surface area contributed by atoms with E-state index < -0.39 is 0 Å². The number of benzene rings is 2. The Bertz CT molecular complexity index is 1550. The highest BCUT2D eigenvalue weighted by Gasteiger charge is 2.16. The van der Waals surface area contributed by atoms with Gasteiger partial charge in [0.15, 0.2) is 5.82 Å². The number of nitrogens with zero attached hydrogens (tertiary/aromatic N) is 4. The van der Waals surface area contributed by atoms with Crippen LogP contribution in [0.25, 0.3) is 56.0 Å². The summed E-state index contributed by atoms with van der Waals surface area (Å²) < 4.78 is 13.8. The van der Waals surface area contributed by atoms with Crippen LogP contribution in [0.2, 0.25) is 0 Å². The molecule has 7 heteroatoms. The number of imidazole rings is 1. The van der Waals surface area contributed by atoms with E-state index in [1.165, 1.54) is 12.1 Å². The molecule has 0 saturated heterocycles. The summed E-state index contributed by atoms with van der Waals surface area (Å²) in [5, 5.41) is 8.49. The lowest BCUT2D eigenvalue weighted by Crippen LogP contribution is -1.86. The van der Waals surface area contributed by atoms with Gasteiger partial charge in [-0.1, -0.05) is 24.3 Å². The molecule has 0 spiro atoms. The Kier molecular flexibility index (Phi) is 3.86. The van der Waals surface area contributed by atoms with Crippen LogP contribution in [-0.2, 0) is 0 Å². The van der Waals surface area contributed by atoms with E-state index in [-0.39, 0.29) is 5.82 Å². The third kappa shape index (κ3) is 2.95. The normalized spacial score (nSPS) is 11.4. The van der Waals surface area contributed by atoms with Crippen LogP contribution in [0.1, 0.15) is 0 Å². The van der Waals surface area contributed by atoms with Crippen molar-refractivity contribution in [2.24, 2.45) is 0 Å². The Morgan fingerprint density at radius 3 is 2.58 bits per heavy atom. The van der Waals surface area contributed by atoms with Gasteiger partial charge in [-0.15, -0.1) is 0 Å². The van der Waals surface area contributed by atoms with Gasteiger partial charge in [-0.05, 0) is 42.5 Å². The molecule has 0 bridgehead atoms. The van der Waals surface area contributed by atoms with Crippen molar-refractivity contribution < 1.29 is 4.39 Å². The molecule has 0 amide bonds. The summed E-state index contributed by atoms with van der Waals surface area (Å²) in [4.78, 5) is 17.0. The molecule has 4 heterocycles. The number of halogens is 1. The van der Waals surface area contributed by atoms with Crippen LogP contribution in [-0.4, -0.2) is 30.1 Å². The fourth-order valence-electron chi connectivity index (χ4n) is 3.78. The molecule has 148 valence electrons. The third-order valence-electron chi connectivity index (χ3n) is 5.25. The Labute approximate surface area is 175 Å². The molecular formula is C24H15FN6. The van der Waals surface area contributed by atoms with E-state index in [9.17, 15) is 4.39 Å². The number of fused-ring (bicyclic) bond motifs is 2. The number of rotatable bonds is 3. The van der Waals surface area contributed by atoms with Crippen molar-refractivity contribution in [2.45, 2.75) is 0 Å². The molecule has 6 rings (SSSR count). The second-order valence-corrected chi connectivity index (χ2v) is 7.20.